The molecule has 0 bridgehead atoms. The number of carbonyl (C=O) groups is 2. The first-order chi connectivity index (χ1) is 8.14. The minimum atomic E-state index is -0.616. The van der Waals surface area contributed by atoms with Crippen molar-refractivity contribution in [2.24, 2.45) is 5.92 Å². The lowest BCUT2D eigenvalue weighted by Crippen LogP contribution is -2.48. The predicted molar refractivity (Wildman–Crippen MR) is 69.3 cm³/mol. The van der Waals surface area contributed by atoms with Crippen molar-refractivity contribution >= 4 is 12.1 Å². The molecule has 5 nitrogen and oxygen atoms in total. The Balaban J connectivity index is 4.91. The number of methoxy groups -OCH3 is 1. The maximum atomic E-state index is 11.9. The summed E-state index contributed by atoms with van der Waals surface area (Å²) < 4.78 is 10.00. The van der Waals surface area contributed by atoms with E-state index in [9.17, 15) is 9.59 Å². The number of nitrogens with zero attached hydrogens (tertiary/aromatic N) is 1. The van der Waals surface area contributed by atoms with Gasteiger partial charge in [0.2, 0.25) is 0 Å². The Bertz CT molecular complexity index is 296. The molecule has 2 unspecified atom stereocenters. The minimum absolute atomic E-state index is 0.00923. The lowest BCUT2D eigenvalue weighted by Gasteiger charge is -2.32. The van der Waals surface area contributed by atoms with Gasteiger partial charge in [-0.2, -0.15) is 0 Å². The van der Waals surface area contributed by atoms with Crippen LogP contribution in [-0.2, 0) is 14.3 Å². The van der Waals surface area contributed by atoms with Gasteiger partial charge >= 0.3 is 12.1 Å². The molecule has 0 saturated carbocycles. The van der Waals surface area contributed by atoms with E-state index in [2.05, 4.69) is 0 Å². The van der Waals surface area contributed by atoms with Crippen LogP contribution >= 0.6 is 0 Å². The van der Waals surface area contributed by atoms with Crippen LogP contribution in [0.3, 0.4) is 0 Å². The van der Waals surface area contributed by atoms with Crippen molar-refractivity contribution in [3.63, 3.8) is 0 Å². The monoisotopic (exact) mass is 259 g/mol. The van der Waals surface area contributed by atoms with Crippen molar-refractivity contribution < 1.29 is 19.1 Å². The summed E-state index contributed by atoms with van der Waals surface area (Å²) in [6.07, 6.45) is 0.255. The Hall–Kier alpha value is -1.26. The SMILES string of the molecule is CCC(C)C(C(=O)OC)N(C)C(=O)OC(C)(C)C. The number of ether oxygens (including phenoxy) is 2. The molecule has 0 aromatic heterocycles. The highest BCUT2D eigenvalue weighted by atomic mass is 16.6. The molecule has 0 N–H and O–H groups in total. The Morgan fingerprint density at radius 1 is 1.28 bits per heavy atom. The molecule has 0 aromatic carbocycles. The highest BCUT2D eigenvalue weighted by Crippen LogP contribution is 2.18. The zero-order chi connectivity index (χ0) is 14.5. The smallest absolute Gasteiger partial charge is 0.410 e. The quantitative estimate of drug-likeness (QED) is 0.728. The number of amides is 1. The summed E-state index contributed by atoms with van der Waals surface area (Å²) in [6.45, 7) is 9.23. The maximum Gasteiger partial charge on any atom is 0.410 e. The second kappa shape index (κ2) is 6.61. The van der Waals surface area contributed by atoms with E-state index in [1.165, 1.54) is 12.0 Å². The fourth-order valence-corrected chi connectivity index (χ4v) is 1.56. The van der Waals surface area contributed by atoms with Gasteiger partial charge in [0.15, 0.2) is 0 Å². The molecular formula is C13H25NO4. The van der Waals surface area contributed by atoms with Gasteiger partial charge in [0.25, 0.3) is 0 Å². The summed E-state index contributed by atoms with van der Waals surface area (Å²) in [5, 5.41) is 0. The second-order valence-electron chi connectivity index (χ2n) is 5.44. The summed E-state index contributed by atoms with van der Waals surface area (Å²) in [6, 6.07) is -0.616. The van der Waals surface area contributed by atoms with Crippen molar-refractivity contribution in [1.29, 1.82) is 0 Å². The molecule has 2 atom stereocenters. The standard InChI is InChI=1S/C13H25NO4/c1-8-9(2)10(11(15)17-7)14(6)12(16)18-13(3,4)5/h9-10H,8H2,1-7H3. The van der Waals surface area contributed by atoms with Gasteiger partial charge in [0.05, 0.1) is 7.11 Å². The van der Waals surface area contributed by atoms with Crippen molar-refractivity contribution in [2.45, 2.75) is 52.7 Å². The molecule has 0 aliphatic carbocycles. The fourth-order valence-electron chi connectivity index (χ4n) is 1.56. The number of rotatable bonds is 4. The first-order valence-electron chi connectivity index (χ1n) is 6.17. The van der Waals surface area contributed by atoms with Gasteiger partial charge < -0.3 is 9.47 Å². The van der Waals surface area contributed by atoms with E-state index >= 15 is 0 Å². The van der Waals surface area contributed by atoms with Gasteiger partial charge in [0.1, 0.15) is 11.6 Å². The molecule has 0 rings (SSSR count). The van der Waals surface area contributed by atoms with Crippen LogP contribution in [0, 0.1) is 5.92 Å². The van der Waals surface area contributed by atoms with Gasteiger partial charge in [-0.05, 0) is 26.7 Å². The second-order valence-corrected chi connectivity index (χ2v) is 5.44. The number of carbonyl (C=O) groups excluding carboxylic acids is 2. The van der Waals surface area contributed by atoms with E-state index in [0.717, 1.165) is 6.42 Å². The highest BCUT2D eigenvalue weighted by Gasteiger charge is 2.34. The zero-order valence-corrected chi connectivity index (χ0v) is 12.4. The van der Waals surface area contributed by atoms with Gasteiger partial charge in [-0.1, -0.05) is 20.3 Å². The van der Waals surface area contributed by atoms with Crippen molar-refractivity contribution in [2.75, 3.05) is 14.2 Å². The van der Waals surface area contributed by atoms with E-state index in [4.69, 9.17) is 9.47 Å². The molecule has 18 heavy (non-hydrogen) atoms. The zero-order valence-electron chi connectivity index (χ0n) is 12.4. The molecule has 1 amide bonds. The van der Waals surface area contributed by atoms with Gasteiger partial charge in [0, 0.05) is 7.05 Å². The van der Waals surface area contributed by atoms with E-state index in [0.29, 0.717) is 0 Å². The Morgan fingerprint density at radius 2 is 1.78 bits per heavy atom. The summed E-state index contributed by atoms with van der Waals surface area (Å²) in [5.74, 6) is -0.410. The van der Waals surface area contributed by atoms with E-state index in [-0.39, 0.29) is 5.92 Å². The number of hydrogen-bond donors (Lipinski definition) is 0. The molecular weight excluding hydrogens is 234 g/mol. The normalized spacial score (nSPS) is 14.6. The van der Waals surface area contributed by atoms with Crippen LogP contribution in [-0.4, -0.2) is 42.8 Å². The van der Waals surface area contributed by atoms with Gasteiger partial charge in [-0.15, -0.1) is 0 Å². The molecule has 0 saturated heterocycles. The van der Waals surface area contributed by atoms with Crippen LogP contribution in [0.1, 0.15) is 41.0 Å². The largest absolute Gasteiger partial charge is 0.467 e. The molecule has 0 spiro atoms. The first kappa shape index (κ1) is 16.7. The molecule has 0 aliphatic heterocycles. The summed E-state index contributed by atoms with van der Waals surface area (Å²) in [7, 11) is 2.88. The third-order valence-corrected chi connectivity index (χ3v) is 2.72. The van der Waals surface area contributed by atoms with E-state index < -0.39 is 23.7 Å². The van der Waals surface area contributed by atoms with Crippen LogP contribution in [0.5, 0.6) is 0 Å². The molecule has 106 valence electrons. The average molecular weight is 259 g/mol. The molecule has 0 aromatic rings. The predicted octanol–water partition coefficient (Wildman–Crippen LogP) is 2.44. The third-order valence-electron chi connectivity index (χ3n) is 2.72. The number of esters is 1. The van der Waals surface area contributed by atoms with E-state index in [1.807, 2.05) is 13.8 Å². The van der Waals surface area contributed by atoms with Crippen molar-refractivity contribution in [3.05, 3.63) is 0 Å². The molecule has 0 radical (unpaired) electrons. The molecule has 0 fully saturated rings. The fraction of sp³-hybridized carbons (Fsp3) is 0.846. The molecule has 0 aliphatic rings. The van der Waals surface area contributed by atoms with Crippen molar-refractivity contribution in [3.8, 4) is 0 Å². The lowest BCUT2D eigenvalue weighted by atomic mass is 9.98. The summed E-state index contributed by atoms with van der Waals surface area (Å²) >= 11 is 0. The number of likely N-dealkylation sites (N-methyl/N-ethyl adjacent to an activating group) is 1. The average Bonchev–Trinajstić information content (AvgIpc) is 2.26. The lowest BCUT2D eigenvalue weighted by molar-refractivity contribution is -0.148. The topological polar surface area (TPSA) is 55.8 Å². The summed E-state index contributed by atoms with van der Waals surface area (Å²) in [5.41, 5.74) is -0.582. The van der Waals surface area contributed by atoms with Crippen LogP contribution in [0.25, 0.3) is 0 Å². The highest BCUT2D eigenvalue weighted by molar-refractivity contribution is 5.81. The molecule has 5 heteroatoms. The molecule has 0 heterocycles. The van der Waals surface area contributed by atoms with Crippen LogP contribution < -0.4 is 0 Å². The minimum Gasteiger partial charge on any atom is -0.467 e. The number of hydrogen-bond acceptors (Lipinski definition) is 4. The van der Waals surface area contributed by atoms with Gasteiger partial charge in [-0.25, -0.2) is 9.59 Å². The van der Waals surface area contributed by atoms with Crippen LogP contribution in [0.4, 0.5) is 4.79 Å². The van der Waals surface area contributed by atoms with Gasteiger partial charge in [-0.3, -0.25) is 4.90 Å². The maximum absolute atomic E-state index is 11.9. The Morgan fingerprint density at radius 3 is 2.11 bits per heavy atom. The van der Waals surface area contributed by atoms with Crippen molar-refractivity contribution in [1.82, 2.24) is 4.90 Å². The Labute approximate surface area is 109 Å². The third kappa shape index (κ3) is 4.94. The van der Waals surface area contributed by atoms with Crippen LogP contribution in [0.15, 0.2) is 0 Å². The van der Waals surface area contributed by atoms with Crippen LogP contribution in [0.2, 0.25) is 0 Å². The van der Waals surface area contributed by atoms with E-state index in [1.54, 1.807) is 27.8 Å². The Kier molecular flexibility index (Phi) is 6.15. The first-order valence-corrected chi connectivity index (χ1v) is 6.17. The summed E-state index contributed by atoms with van der Waals surface area (Å²) in [4.78, 5) is 25.0.